The second kappa shape index (κ2) is 8.26. The minimum Gasteiger partial charge on any atom is -0.497 e. The molecule has 4 atom stereocenters. The second-order valence-corrected chi connectivity index (χ2v) is 10.8. The summed E-state index contributed by atoms with van der Waals surface area (Å²) in [5, 5.41) is 3.52. The van der Waals surface area contributed by atoms with Crippen LogP contribution in [0.15, 0.2) is 42.5 Å². The molecule has 1 spiro atoms. The number of fused-ring (bicyclic) bond motifs is 1. The molecule has 0 aromatic heterocycles. The van der Waals surface area contributed by atoms with Crippen LogP contribution in [0.4, 0.5) is 0 Å². The Morgan fingerprint density at radius 1 is 1.20 bits per heavy atom. The Hall–Kier alpha value is -3.06. The Balaban J connectivity index is 1.56. The van der Waals surface area contributed by atoms with Gasteiger partial charge in [-0.05, 0) is 49.4 Å². The second-order valence-electron chi connectivity index (χ2n) is 10.4. The minimum atomic E-state index is -0.790. The molecule has 3 aliphatic rings. The molecule has 1 N–H and O–H groups in total. The number of rotatable bonds is 5. The monoisotopic (exact) mass is 496 g/mol. The number of piperidine rings is 1. The SMILES string of the molecule is COc1ccc2c(c1)OC(=O)[C@H]1C[C@]3(C)CN([C@@H](C(=O)NC(C)C)c4ccc(Cl)cc4)C(=O)C[C@]213. The summed E-state index contributed by atoms with van der Waals surface area (Å²) in [7, 11) is 1.56. The summed E-state index contributed by atoms with van der Waals surface area (Å²) in [6.45, 7) is 6.23. The van der Waals surface area contributed by atoms with Crippen LogP contribution < -0.4 is 14.8 Å². The largest absolute Gasteiger partial charge is 0.497 e. The van der Waals surface area contributed by atoms with Crippen molar-refractivity contribution in [3.63, 3.8) is 0 Å². The van der Waals surface area contributed by atoms with Gasteiger partial charge in [-0.3, -0.25) is 14.4 Å². The van der Waals surface area contributed by atoms with E-state index in [1.54, 1.807) is 42.3 Å². The van der Waals surface area contributed by atoms with Crippen molar-refractivity contribution in [2.45, 2.75) is 51.1 Å². The lowest BCUT2D eigenvalue weighted by Gasteiger charge is -2.67. The van der Waals surface area contributed by atoms with E-state index in [2.05, 4.69) is 12.2 Å². The maximum atomic E-state index is 13.8. The van der Waals surface area contributed by atoms with Crippen molar-refractivity contribution in [2.24, 2.45) is 11.3 Å². The number of hydrogen-bond acceptors (Lipinski definition) is 5. The van der Waals surface area contributed by atoms with Crippen LogP contribution in [-0.4, -0.2) is 42.4 Å². The number of likely N-dealkylation sites (tertiary alicyclic amines) is 1. The highest BCUT2D eigenvalue weighted by atomic mass is 35.5. The summed E-state index contributed by atoms with van der Waals surface area (Å²) in [6.07, 6.45) is 0.710. The van der Waals surface area contributed by atoms with Crippen molar-refractivity contribution >= 4 is 29.4 Å². The molecule has 0 bridgehead atoms. The Labute approximate surface area is 209 Å². The third-order valence-electron chi connectivity index (χ3n) is 7.94. The number of benzene rings is 2. The molecule has 0 unspecified atom stereocenters. The number of methoxy groups -OCH3 is 1. The highest BCUT2D eigenvalue weighted by Gasteiger charge is 2.72. The fourth-order valence-corrected chi connectivity index (χ4v) is 6.44. The zero-order valence-electron chi connectivity index (χ0n) is 20.3. The standard InChI is InChI=1S/C27H29ClN2O5/c1-15(2)29-24(32)23(16-5-7-17(28)8-6-16)30-14-26(3)12-20-25(33)35-21-11-18(34-4)9-10-19(21)27(20,26)13-22(30)31/h5-11,15,20,23H,12-14H2,1-4H3,(H,29,32)/t20-,23-,26-,27+/m1/s1. The molecule has 7 nitrogen and oxygen atoms in total. The number of ether oxygens (including phenoxy) is 2. The van der Waals surface area contributed by atoms with E-state index in [1.807, 2.05) is 26.0 Å². The predicted octanol–water partition coefficient (Wildman–Crippen LogP) is 4.03. The molecule has 5 rings (SSSR count). The first-order chi connectivity index (χ1) is 16.6. The maximum Gasteiger partial charge on any atom is 0.315 e. The van der Waals surface area contributed by atoms with Crippen LogP contribution in [0.25, 0.3) is 0 Å². The molecule has 2 fully saturated rings. The molecule has 1 aliphatic carbocycles. The predicted molar refractivity (Wildman–Crippen MR) is 130 cm³/mol. The third-order valence-corrected chi connectivity index (χ3v) is 8.19. The number of carbonyl (C=O) groups excluding carboxylic acids is 3. The number of nitrogens with one attached hydrogen (secondary N) is 1. The zero-order chi connectivity index (χ0) is 25.1. The van der Waals surface area contributed by atoms with Gasteiger partial charge in [0.15, 0.2) is 0 Å². The lowest BCUT2D eigenvalue weighted by molar-refractivity contribution is -0.188. The number of nitrogens with zero attached hydrogens (tertiary/aromatic N) is 1. The lowest BCUT2D eigenvalue weighted by Crippen LogP contribution is -2.73. The highest BCUT2D eigenvalue weighted by Crippen LogP contribution is 2.69. The van der Waals surface area contributed by atoms with Gasteiger partial charge in [0.25, 0.3) is 0 Å². The lowest BCUT2D eigenvalue weighted by atomic mass is 9.39. The van der Waals surface area contributed by atoms with E-state index in [-0.39, 0.29) is 30.2 Å². The number of hydrogen-bond donors (Lipinski definition) is 1. The molecule has 2 aromatic carbocycles. The van der Waals surface area contributed by atoms with Gasteiger partial charge < -0.3 is 19.7 Å². The zero-order valence-corrected chi connectivity index (χ0v) is 21.0. The Bertz CT molecular complexity index is 1210. The van der Waals surface area contributed by atoms with Crippen LogP contribution in [0.1, 0.15) is 50.8 Å². The fraction of sp³-hybridized carbons (Fsp3) is 0.444. The number of carbonyl (C=O) groups is 3. The van der Waals surface area contributed by atoms with Crippen LogP contribution in [0.3, 0.4) is 0 Å². The molecule has 1 saturated heterocycles. The fourth-order valence-electron chi connectivity index (χ4n) is 6.31. The summed E-state index contributed by atoms with van der Waals surface area (Å²) >= 11 is 6.09. The molecule has 2 aliphatic heterocycles. The molecule has 8 heteroatoms. The van der Waals surface area contributed by atoms with Gasteiger partial charge >= 0.3 is 5.97 Å². The molecule has 35 heavy (non-hydrogen) atoms. The van der Waals surface area contributed by atoms with Crippen LogP contribution in [0.2, 0.25) is 5.02 Å². The van der Waals surface area contributed by atoms with E-state index in [0.717, 1.165) is 5.56 Å². The van der Waals surface area contributed by atoms with E-state index < -0.39 is 22.8 Å². The van der Waals surface area contributed by atoms with Gasteiger partial charge in [0.1, 0.15) is 17.5 Å². The average Bonchev–Trinajstić information content (AvgIpc) is 2.79. The number of halogens is 1. The molecule has 2 amide bonds. The van der Waals surface area contributed by atoms with Gasteiger partial charge in [0, 0.05) is 41.1 Å². The molecule has 2 heterocycles. The van der Waals surface area contributed by atoms with Crippen LogP contribution in [0.5, 0.6) is 11.5 Å². The van der Waals surface area contributed by atoms with Gasteiger partial charge in [-0.1, -0.05) is 36.7 Å². The minimum absolute atomic E-state index is 0.0813. The smallest absolute Gasteiger partial charge is 0.315 e. The van der Waals surface area contributed by atoms with Crippen LogP contribution >= 0.6 is 11.6 Å². The van der Waals surface area contributed by atoms with Crippen molar-refractivity contribution in [3.05, 3.63) is 58.6 Å². The average molecular weight is 497 g/mol. The van der Waals surface area contributed by atoms with E-state index in [4.69, 9.17) is 21.1 Å². The van der Waals surface area contributed by atoms with Crippen LogP contribution in [-0.2, 0) is 19.8 Å². The Morgan fingerprint density at radius 3 is 2.57 bits per heavy atom. The molecule has 0 radical (unpaired) electrons. The molecule has 1 saturated carbocycles. The number of esters is 1. The molecular weight excluding hydrogens is 468 g/mol. The number of amides is 2. The Kier molecular flexibility index (Phi) is 5.59. The first-order valence-electron chi connectivity index (χ1n) is 11.8. The van der Waals surface area contributed by atoms with Gasteiger partial charge in [-0.15, -0.1) is 0 Å². The van der Waals surface area contributed by atoms with Crippen molar-refractivity contribution in [1.82, 2.24) is 10.2 Å². The molecule has 2 aromatic rings. The third kappa shape index (κ3) is 3.51. The maximum absolute atomic E-state index is 13.8. The first kappa shape index (κ1) is 23.7. The van der Waals surface area contributed by atoms with Crippen molar-refractivity contribution in [2.75, 3.05) is 13.7 Å². The molecule has 184 valence electrons. The summed E-state index contributed by atoms with van der Waals surface area (Å²) in [5.74, 6) is -0.0649. The van der Waals surface area contributed by atoms with Gasteiger partial charge in [0.2, 0.25) is 11.8 Å². The Morgan fingerprint density at radius 2 is 1.91 bits per heavy atom. The topological polar surface area (TPSA) is 84.9 Å². The molecular formula is C27H29ClN2O5. The van der Waals surface area contributed by atoms with Gasteiger partial charge in [-0.25, -0.2) is 0 Å². The van der Waals surface area contributed by atoms with Crippen molar-refractivity contribution < 1.29 is 23.9 Å². The highest BCUT2D eigenvalue weighted by molar-refractivity contribution is 6.30. The van der Waals surface area contributed by atoms with E-state index in [0.29, 0.717) is 35.1 Å². The van der Waals surface area contributed by atoms with Gasteiger partial charge in [-0.2, -0.15) is 0 Å². The summed E-state index contributed by atoms with van der Waals surface area (Å²) in [4.78, 5) is 41.8. The van der Waals surface area contributed by atoms with Crippen molar-refractivity contribution in [3.8, 4) is 11.5 Å². The normalized spacial score (nSPS) is 27.7. The van der Waals surface area contributed by atoms with Crippen molar-refractivity contribution in [1.29, 1.82) is 0 Å². The quantitative estimate of drug-likeness (QED) is 0.499. The first-order valence-corrected chi connectivity index (χ1v) is 12.2. The summed E-state index contributed by atoms with van der Waals surface area (Å²) in [6, 6.07) is 11.6. The van der Waals surface area contributed by atoms with Crippen LogP contribution in [0, 0.1) is 11.3 Å². The van der Waals surface area contributed by atoms with Gasteiger partial charge in [0.05, 0.1) is 13.0 Å². The van der Waals surface area contributed by atoms with E-state index >= 15 is 0 Å². The van der Waals surface area contributed by atoms with E-state index in [1.165, 1.54) is 0 Å². The van der Waals surface area contributed by atoms with E-state index in [9.17, 15) is 14.4 Å². The summed E-state index contributed by atoms with van der Waals surface area (Å²) in [5.41, 5.74) is 0.483. The summed E-state index contributed by atoms with van der Waals surface area (Å²) < 4.78 is 11.0.